The molecule has 0 unspecified atom stereocenters. The molecule has 39 heavy (non-hydrogen) atoms. The van der Waals surface area contributed by atoms with Crippen LogP contribution in [0.5, 0.6) is 0 Å². The maximum Gasteiger partial charge on any atom is 0.0159 e. The van der Waals surface area contributed by atoms with Crippen LogP contribution in [-0.4, -0.2) is 0 Å². The molecule has 0 aromatic heterocycles. The van der Waals surface area contributed by atoms with E-state index in [0.29, 0.717) is 0 Å². The van der Waals surface area contributed by atoms with Crippen LogP contribution >= 0.6 is 0 Å². The van der Waals surface area contributed by atoms with Crippen molar-refractivity contribution < 1.29 is 0 Å². The first-order valence-corrected chi connectivity index (χ1v) is 14.0. The predicted molar refractivity (Wildman–Crippen MR) is 169 cm³/mol. The summed E-state index contributed by atoms with van der Waals surface area (Å²) < 4.78 is 0. The molecule has 190 valence electrons. The van der Waals surface area contributed by atoms with E-state index < -0.39 is 0 Å². The van der Waals surface area contributed by atoms with E-state index in [4.69, 9.17) is 0 Å². The minimum absolute atomic E-state index is 0.0274. The Labute approximate surface area is 232 Å². The van der Waals surface area contributed by atoms with Gasteiger partial charge in [0, 0.05) is 5.41 Å². The van der Waals surface area contributed by atoms with Crippen molar-refractivity contribution in [2.24, 2.45) is 0 Å². The Kier molecular flexibility index (Phi) is 5.16. The summed E-state index contributed by atoms with van der Waals surface area (Å²) in [6.07, 6.45) is 0. The first-order chi connectivity index (χ1) is 18.8. The van der Waals surface area contributed by atoms with E-state index in [-0.39, 0.29) is 5.41 Å². The third kappa shape index (κ3) is 3.37. The lowest BCUT2D eigenvalue weighted by Crippen LogP contribution is -2.14. The molecule has 0 heterocycles. The van der Waals surface area contributed by atoms with Crippen molar-refractivity contribution >= 4 is 21.5 Å². The molecule has 0 radical (unpaired) electrons. The Morgan fingerprint density at radius 2 is 1.05 bits per heavy atom. The van der Waals surface area contributed by atoms with E-state index in [2.05, 4.69) is 139 Å². The summed E-state index contributed by atoms with van der Waals surface area (Å²) in [5.74, 6) is 0. The molecule has 0 aliphatic heterocycles. The molecule has 1 aliphatic rings. The van der Waals surface area contributed by atoms with Crippen LogP contribution in [0.3, 0.4) is 0 Å². The van der Waals surface area contributed by atoms with Gasteiger partial charge in [-0.1, -0.05) is 116 Å². The Morgan fingerprint density at radius 1 is 0.462 bits per heavy atom. The van der Waals surface area contributed by atoms with Crippen LogP contribution in [0.1, 0.15) is 47.2 Å². The zero-order valence-electron chi connectivity index (χ0n) is 23.7. The molecule has 0 heteroatoms. The van der Waals surface area contributed by atoms with Crippen LogP contribution in [0, 0.1) is 27.7 Å². The third-order valence-electron chi connectivity index (χ3n) is 9.27. The van der Waals surface area contributed by atoms with Gasteiger partial charge in [-0.25, -0.2) is 0 Å². The molecule has 6 aromatic rings. The molecule has 6 aromatic carbocycles. The SMILES string of the molecule is Cc1ccc2c(-c3cc(C)c(C)c(C)c3)c3ccccc3c(-c3cccc4c3-c3ccccc3C4(C)C)c2c1. The van der Waals surface area contributed by atoms with Crippen LogP contribution in [-0.2, 0) is 5.41 Å². The van der Waals surface area contributed by atoms with Crippen LogP contribution in [0.15, 0.2) is 97.1 Å². The van der Waals surface area contributed by atoms with Gasteiger partial charge >= 0.3 is 0 Å². The fourth-order valence-corrected chi connectivity index (χ4v) is 7.04. The molecule has 0 N–H and O–H groups in total. The van der Waals surface area contributed by atoms with Crippen LogP contribution < -0.4 is 0 Å². The van der Waals surface area contributed by atoms with E-state index in [1.807, 2.05) is 0 Å². The standard InChI is InChI=1S/C39H34/c1-23-18-19-30-33(20-23)37(32-15-11-17-35-38(32)31-14-9-10-16-34(31)39(35,5)6)29-13-8-7-12-28(29)36(30)27-21-24(2)26(4)25(3)22-27/h7-22H,1-6H3. The van der Waals surface area contributed by atoms with Crippen molar-refractivity contribution in [1.29, 1.82) is 0 Å². The quantitative estimate of drug-likeness (QED) is 0.207. The van der Waals surface area contributed by atoms with Gasteiger partial charge in [0.15, 0.2) is 0 Å². The van der Waals surface area contributed by atoms with Gasteiger partial charge in [0.1, 0.15) is 0 Å². The fourth-order valence-electron chi connectivity index (χ4n) is 7.04. The number of fused-ring (bicyclic) bond motifs is 5. The zero-order valence-corrected chi connectivity index (χ0v) is 23.7. The smallest absolute Gasteiger partial charge is 0.0159 e. The number of benzene rings is 6. The highest BCUT2D eigenvalue weighted by Gasteiger charge is 2.37. The van der Waals surface area contributed by atoms with Crippen molar-refractivity contribution in [3.05, 3.63) is 130 Å². The van der Waals surface area contributed by atoms with Gasteiger partial charge in [0.25, 0.3) is 0 Å². The Hall–Kier alpha value is -4.16. The monoisotopic (exact) mass is 502 g/mol. The van der Waals surface area contributed by atoms with Crippen molar-refractivity contribution in [1.82, 2.24) is 0 Å². The zero-order chi connectivity index (χ0) is 27.1. The normalized spacial score (nSPS) is 13.6. The molecule has 1 aliphatic carbocycles. The minimum atomic E-state index is -0.0274. The van der Waals surface area contributed by atoms with Gasteiger partial charge in [-0.15, -0.1) is 0 Å². The summed E-state index contributed by atoms with van der Waals surface area (Å²) in [6.45, 7) is 13.7. The Bertz CT molecular complexity index is 1940. The largest absolute Gasteiger partial charge is 0.0619 e. The molecule has 0 atom stereocenters. The first-order valence-electron chi connectivity index (χ1n) is 14.0. The maximum atomic E-state index is 2.40. The van der Waals surface area contributed by atoms with Crippen LogP contribution in [0.2, 0.25) is 0 Å². The number of aryl methyl sites for hydroxylation is 3. The highest BCUT2D eigenvalue weighted by Crippen LogP contribution is 2.54. The van der Waals surface area contributed by atoms with Gasteiger partial charge in [-0.3, -0.25) is 0 Å². The summed E-state index contributed by atoms with van der Waals surface area (Å²) in [5.41, 5.74) is 16.2. The summed E-state index contributed by atoms with van der Waals surface area (Å²) in [6, 6.07) is 36.7. The second-order valence-electron chi connectivity index (χ2n) is 12.0. The van der Waals surface area contributed by atoms with Crippen molar-refractivity contribution in [3.8, 4) is 33.4 Å². The number of hydrogen-bond acceptors (Lipinski definition) is 0. The predicted octanol–water partition coefficient (Wildman–Crippen LogP) is 10.9. The fraction of sp³-hybridized carbons (Fsp3) is 0.179. The summed E-state index contributed by atoms with van der Waals surface area (Å²) in [5, 5.41) is 5.28. The van der Waals surface area contributed by atoms with Gasteiger partial charge in [0.05, 0.1) is 0 Å². The van der Waals surface area contributed by atoms with Crippen molar-refractivity contribution in [3.63, 3.8) is 0 Å². The average molecular weight is 503 g/mol. The molecule has 0 saturated carbocycles. The average Bonchev–Trinajstić information content (AvgIpc) is 3.17. The molecule has 0 bridgehead atoms. The van der Waals surface area contributed by atoms with E-state index in [0.717, 1.165) is 0 Å². The lowest BCUT2D eigenvalue weighted by atomic mass is 9.80. The third-order valence-corrected chi connectivity index (χ3v) is 9.27. The maximum absolute atomic E-state index is 2.40. The van der Waals surface area contributed by atoms with E-state index in [9.17, 15) is 0 Å². The first kappa shape index (κ1) is 23.9. The van der Waals surface area contributed by atoms with Gasteiger partial charge in [-0.2, -0.15) is 0 Å². The van der Waals surface area contributed by atoms with Gasteiger partial charge in [0.2, 0.25) is 0 Å². The van der Waals surface area contributed by atoms with Gasteiger partial charge in [-0.05, 0) is 110 Å². The molecule has 0 spiro atoms. The molecule has 0 saturated heterocycles. The molecular formula is C39H34. The summed E-state index contributed by atoms with van der Waals surface area (Å²) in [7, 11) is 0. The molecule has 7 rings (SSSR count). The van der Waals surface area contributed by atoms with Crippen LogP contribution in [0.4, 0.5) is 0 Å². The topological polar surface area (TPSA) is 0 Å². The summed E-state index contributed by atoms with van der Waals surface area (Å²) in [4.78, 5) is 0. The Morgan fingerprint density at radius 3 is 1.79 bits per heavy atom. The summed E-state index contributed by atoms with van der Waals surface area (Å²) >= 11 is 0. The number of rotatable bonds is 2. The van der Waals surface area contributed by atoms with E-state index in [1.165, 1.54) is 88.3 Å². The lowest BCUT2D eigenvalue weighted by Gasteiger charge is -2.23. The number of hydrogen-bond donors (Lipinski definition) is 0. The van der Waals surface area contributed by atoms with Gasteiger partial charge < -0.3 is 0 Å². The van der Waals surface area contributed by atoms with E-state index in [1.54, 1.807) is 0 Å². The second kappa shape index (κ2) is 8.42. The minimum Gasteiger partial charge on any atom is -0.0619 e. The molecule has 0 fully saturated rings. The van der Waals surface area contributed by atoms with E-state index >= 15 is 0 Å². The van der Waals surface area contributed by atoms with Crippen LogP contribution in [0.25, 0.3) is 54.9 Å². The van der Waals surface area contributed by atoms with Crippen molar-refractivity contribution in [2.75, 3.05) is 0 Å². The second-order valence-corrected chi connectivity index (χ2v) is 12.0. The highest BCUT2D eigenvalue weighted by atomic mass is 14.4. The molecule has 0 nitrogen and oxygen atoms in total. The van der Waals surface area contributed by atoms with Crippen molar-refractivity contribution in [2.45, 2.75) is 47.0 Å². The molecular weight excluding hydrogens is 468 g/mol. The molecule has 0 amide bonds. The Balaban J connectivity index is 1.67. The lowest BCUT2D eigenvalue weighted by molar-refractivity contribution is 0.660. The highest BCUT2D eigenvalue weighted by molar-refractivity contribution is 6.23.